The summed E-state index contributed by atoms with van der Waals surface area (Å²) in [6.45, 7) is 3.55. The molecule has 2 rings (SSSR count). The van der Waals surface area contributed by atoms with Crippen molar-refractivity contribution in [2.24, 2.45) is 0 Å². The fourth-order valence-electron chi connectivity index (χ4n) is 2.21. The molecule has 0 heterocycles. The molecule has 0 spiro atoms. The Hall–Kier alpha value is -2.67. The Labute approximate surface area is 166 Å². The molecule has 0 aromatic heterocycles. The highest BCUT2D eigenvalue weighted by Crippen LogP contribution is 2.15. The van der Waals surface area contributed by atoms with Crippen molar-refractivity contribution in [2.75, 3.05) is 17.2 Å². The molecule has 0 bridgehead atoms. The van der Waals surface area contributed by atoms with Crippen LogP contribution in [0.25, 0.3) is 0 Å². The predicted octanol–water partition coefficient (Wildman–Crippen LogP) is 3.97. The van der Waals surface area contributed by atoms with E-state index >= 15 is 0 Å². The molecule has 2 amide bonds. The number of nitrogens with one attached hydrogen (secondary N) is 2. The van der Waals surface area contributed by atoms with Crippen molar-refractivity contribution in [3.63, 3.8) is 0 Å². The Kier molecular flexibility index (Phi) is 7.55. The van der Waals surface area contributed by atoms with E-state index in [1.807, 2.05) is 32.0 Å². The molecule has 0 saturated carbocycles. The van der Waals surface area contributed by atoms with E-state index < -0.39 is 18.5 Å². The van der Waals surface area contributed by atoms with E-state index in [-0.39, 0.29) is 18.7 Å². The number of carbonyl (C=O) groups is 3. The molecule has 0 aliphatic rings. The number of aryl methyl sites for hydroxylation is 2. The van der Waals surface area contributed by atoms with Gasteiger partial charge < -0.3 is 15.4 Å². The minimum absolute atomic E-state index is 0.0138. The average molecular weight is 433 g/mol. The SMILES string of the molecule is Cc1ccc(NC(=O)CCC(=O)OCC(=O)Nc2ccc(Br)cc2)cc1C. The van der Waals surface area contributed by atoms with Crippen LogP contribution in [0, 0.1) is 13.8 Å². The minimum Gasteiger partial charge on any atom is -0.456 e. The van der Waals surface area contributed by atoms with E-state index in [0.29, 0.717) is 11.4 Å². The molecule has 0 fully saturated rings. The van der Waals surface area contributed by atoms with Gasteiger partial charge in [0.25, 0.3) is 5.91 Å². The van der Waals surface area contributed by atoms with Crippen molar-refractivity contribution >= 4 is 45.1 Å². The van der Waals surface area contributed by atoms with Gasteiger partial charge in [0.1, 0.15) is 0 Å². The smallest absolute Gasteiger partial charge is 0.306 e. The Balaban J connectivity index is 1.69. The van der Waals surface area contributed by atoms with Crippen molar-refractivity contribution < 1.29 is 19.1 Å². The summed E-state index contributed by atoms with van der Waals surface area (Å²) in [5.41, 5.74) is 3.50. The lowest BCUT2D eigenvalue weighted by Gasteiger charge is -2.08. The summed E-state index contributed by atoms with van der Waals surface area (Å²) >= 11 is 3.30. The maximum Gasteiger partial charge on any atom is 0.306 e. The molecular formula is C20H21BrN2O4. The summed E-state index contributed by atoms with van der Waals surface area (Å²) in [6.07, 6.45) is -0.109. The van der Waals surface area contributed by atoms with Gasteiger partial charge in [-0.3, -0.25) is 14.4 Å². The fraction of sp³-hybridized carbons (Fsp3) is 0.250. The molecule has 6 nitrogen and oxygen atoms in total. The second kappa shape index (κ2) is 9.87. The van der Waals surface area contributed by atoms with Crippen LogP contribution in [-0.4, -0.2) is 24.4 Å². The Bertz CT molecular complexity index is 834. The van der Waals surface area contributed by atoms with Crippen LogP contribution in [0.15, 0.2) is 46.9 Å². The van der Waals surface area contributed by atoms with Crippen LogP contribution in [0.5, 0.6) is 0 Å². The van der Waals surface area contributed by atoms with Gasteiger partial charge in [-0.05, 0) is 61.4 Å². The molecule has 0 unspecified atom stereocenters. The number of carbonyl (C=O) groups excluding carboxylic acids is 3. The van der Waals surface area contributed by atoms with Gasteiger partial charge >= 0.3 is 5.97 Å². The number of ether oxygens (including phenoxy) is 1. The number of hydrogen-bond acceptors (Lipinski definition) is 4. The molecule has 0 aliphatic carbocycles. The highest BCUT2D eigenvalue weighted by atomic mass is 79.9. The van der Waals surface area contributed by atoms with Gasteiger partial charge in [-0.2, -0.15) is 0 Å². The van der Waals surface area contributed by atoms with Gasteiger partial charge in [-0.1, -0.05) is 22.0 Å². The van der Waals surface area contributed by atoms with Crippen LogP contribution < -0.4 is 10.6 Å². The van der Waals surface area contributed by atoms with Gasteiger partial charge in [0.2, 0.25) is 5.91 Å². The van der Waals surface area contributed by atoms with Crippen LogP contribution in [0.2, 0.25) is 0 Å². The van der Waals surface area contributed by atoms with Gasteiger partial charge in [0, 0.05) is 22.3 Å². The maximum atomic E-state index is 11.9. The second-order valence-electron chi connectivity index (χ2n) is 6.06. The van der Waals surface area contributed by atoms with Gasteiger partial charge in [0.15, 0.2) is 6.61 Å². The Morgan fingerprint density at radius 1 is 0.852 bits per heavy atom. The van der Waals surface area contributed by atoms with Crippen LogP contribution in [0.3, 0.4) is 0 Å². The molecular weight excluding hydrogens is 412 g/mol. The highest BCUT2D eigenvalue weighted by molar-refractivity contribution is 9.10. The largest absolute Gasteiger partial charge is 0.456 e. The number of rotatable bonds is 7. The maximum absolute atomic E-state index is 11.9. The van der Waals surface area contributed by atoms with Crippen molar-refractivity contribution in [3.8, 4) is 0 Å². The van der Waals surface area contributed by atoms with E-state index in [1.165, 1.54) is 0 Å². The van der Waals surface area contributed by atoms with Crippen molar-refractivity contribution in [1.29, 1.82) is 0 Å². The first kappa shape index (κ1) is 20.6. The number of anilines is 2. The molecule has 2 aromatic rings. The Morgan fingerprint density at radius 2 is 1.48 bits per heavy atom. The first-order chi connectivity index (χ1) is 12.8. The predicted molar refractivity (Wildman–Crippen MR) is 108 cm³/mol. The van der Waals surface area contributed by atoms with E-state index in [0.717, 1.165) is 15.6 Å². The monoisotopic (exact) mass is 432 g/mol. The molecule has 27 heavy (non-hydrogen) atoms. The topological polar surface area (TPSA) is 84.5 Å². The van der Waals surface area contributed by atoms with Crippen molar-refractivity contribution in [1.82, 2.24) is 0 Å². The Morgan fingerprint density at radius 3 is 2.15 bits per heavy atom. The molecule has 2 N–H and O–H groups in total. The summed E-state index contributed by atoms with van der Waals surface area (Å²) in [5, 5.41) is 5.35. The molecule has 2 aromatic carbocycles. The number of hydrogen-bond donors (Lipinski definition) is 2. The summed E-state index contributed by atoms with van der Waals surface area (Å²) in [5.74, 6) is -1.32. The molecule has 142 valence electrons. The first-order valence-corrected chi connectivity index (χ1v) is 9.21. The zero-order valence-corrected chi connectivity index (χ0v) is 16.8. The third kappa shape index (κ3) is 7.22. The van der Waals surface area contributed by atoms with E-state index in [2.05, 4.69) is 26.6 Å². The minimum atomic E-state index is -0.601. The molecule has 0 atom stereocenters. The zero-order chi connectivity index (χ0) is 19.8. The van der Waals surface area contributed by atoms with Crippen molar-refractivity contribution in [2.45, 2.75) is 26.7 Å². The van der Waals surface area contributed by atoms with Crippen LogP contribution in [-0.2, 0) is 19.1 Å². The third-order valence-corrected chi connectivity index (χ3v) is 4.37. The molecule has 0 radical (unpaired) electrons. The normalized spacial score (nSPS) is 10.2. The quantitative estimate of drug-likeness (QED) is 0.648. The number of benzene rings is 2. The van der Waals surface area contributed by atoms with Crippen LogP contribution in [0.4, 0.5) is 11.4 Å². The number of halogens is 1. The van der Waals surface area contributed by atoms with Crippen LogP contribution >= 0.6 is 15.9 Å². The summed E-state index contributed by atoms with van der Waals surface area (Å²) < 4.78 is 5.79. The first-order valence-electron chi connectivity index (χ1n) is 8.41. The molecule has 0 aliphatic heterocycles. The number of esters is 1. The van der Waals surface area contributed by atoms with E-state index in [9.17, 15) is 14.4 Å². The van der Waals surface area contributed by atoms with Gasteiger partial charge in [0.05, 0.1) is 6.42 Å². The highest BCUT2D eigenvalue weighted by Gasteiger charge is 2.11. The van der Waals surface area contributed by atoms with Gasteiger partial charge in [-0.25, -0.2) is 0 Å². The third-order valence-electron chi connectivity index (χ3n) is 3.84. The summed E-state index contributed by atoms with van der Waals surface area (Å²) in [6, 6.07) is 12.6. The lowest BCUT2D eigenvalue weighted by molar-refractivity contribution is -0.147. The van der Waals surface area contributed by atoms with E-state index in [4.69, 9.17) is 4.74 Å². The average Bonchev–Trinajstić information content (AvgIpc) is 2.63. The second-order valence-corrected chi connectivity index (χ2v) is 6.98. The van der Waals surface area contributed by atoms with Crippen LogP contribution in [0.1, 0.15) is 24.0 Å². The summed E-state index contributed by atoms with van der Waals surface area (Å²) in [7, 11) is 0. The molecule has 7 heteroatoms. The summed E-state index contributed by atoms with van der Waals surface area (Å²) in [4.78, 5) is 35.4. The number of amides is 2. The van der Waals surface area contributed by atoms with Gasteiger partial charge in [-0.15, -0.1) is 0 Å². The standard InChI is InChI=1S/C20H21BrN2O4/c1-13-3-6-17(11-14(13)2)23-18(24)9-10-20(26)27-12-19(25)22-16-7-4-15(21)5-8-16/h3-8,11H,9-10,12H2,1-2H3,(H,22,25)(H,23,24). The van der Waals surface area contributed by atoms with Crippen molar-refractivity contribution in [3.05, 3.63) is 58.1 Å². The zero-order valence-electron chi connectivity index (χ0n) is 15.2. The van der Waals surface area contributed by atoms with E-state index in [1.54, 1.807) is 24.3 Å². The lowest BCUT2D eigenvalue weighted by atomic mass is 10.1. The lowest BCUT2D eigenvalue weighted by Crippen LogP contribution is -2.21. The fourth-order valence-corrected chi connectivity index (χ4v) is 2.47. The molecule has 0 saturated heterocycles.